The Morgan fingerprint density at radius 1 is 1.23 bits per heavy atom. The minimum Gasteiger partial charge on any atom is -0.0985 e. The zero-order chi connectivity index (χ0) is 10.0. The lowest BCUT2D eigenvalue weighted by Crippen LogP contribution is -1.97. The molecule has 0 spiro atoms. The molecule has 0 heterocycles. The monoisotopic (exact) mass is 174 g/mol. The van der Waals surface area contributed by atoms with Crippen molar-refractivity contribution in [1.82, 2.24) is 0 Å². The first-order valence-corrected chi connectivity index (χ1v) is 4.83. The topological polar surface area (TPSA) is 0 Å². The van der Waals surface area contributed by atoms with Gasteiger partial charge < -0.3 is 0 Å². The van der Waals surface area contributed by atoms with E-state index < -0.39 is 0 Å². The minimum atomic E-state index is 1.11. The van der Waals surface area contributed by atoms with Crippen LogP contribution in [0.4, 0.5) is 0 Å². The van der Waals surface area contributed by atoms with Crippen LogP contribution in [0.25, 0.3) is 6.08 Å². The number of rotatable bonds is 2. The van der Waals surface area contributed by atoms with Crippen molar-refractivity contribution in [3.05, 3.63) is 40.5 Å². The summed E-state index contributed by atoms with van der Waals surface area (Å²) in [6, 6.07) is 2.25. The van der Waals surface area contributed by atoms with Crippen molar-refractivity contribution in [1.29, 1.82) is 0 Å². The van der Waals surface area contributed by atoms with Crippen molar-refractivity contribution in [2.24, 2.45) is 0 Å². The highest BCUT2D eigenvalue weighted by Gasteiger charge is 2.06. The second-order valence-electron chi connectivity index (χ2n) is 3.59. The Morgan fingerprint density at radius 2 is 1.85 bits per heavy atom. The van der Waals surface area contributed by atoms with E-state index in [1.54, 1.807) is 0 Å². The van der Waals surface area contributed by atoms with E-state index in [2.05, 4.69) is 40.3 Å². The van der Waals surface area contributed by atoms with Gasteiger partial charge in [-0.1, -0.05) is 25.6 Å². The Morgan fingerprint density at radius 3 is 2.31 bits per heavy atom. The highest BCUT2D eigenvalue weighted by Crippen LogP contribution is 2.23. The van der Waals surface area contributed by atoms with Crippen LogP contribution in [0.2, 0.25) is 0 Å². The maximum absolute atomic E-state index is 3.86. The van der Waals surface area contributed by atoms with Crippen molar-refractivity contribution in [2.45, 2.75) is 34.1 Å². The zero-order valence-electron chi connectivity index (χ0n) is 9.07. The van der Waals surface area contributed by atoms with Gasteiger partial charge in [-0.05, 0) is 55.0 Å². The molecule has 0 atom stereocenters. The molecular formula is C13H18. The Hall–Kier alpha value is -1.04. The van der Waals surface area contributed by atoms with Crippen molar-refractivity contribution < 1.29 is 0 Å². The molecule has 0 nitrogen and oxygen atoms in total. The lowest BCUT2D eigenvalue weighted by molar-refractivity contribution is 1.07. The molecule has 0 bridgehead atoms. The lowest BCUT2D eigenvalue weighted by Gasteiger charge is -2.13. The standard InChI is InChI=1S/C13H18/c1-6-12-9(3)8-10(4)13(7-2)11(12)5/h6,8H,1,7H2,2-5H3. The van der Waals surface area contributed by atoms with Gasteiger partial charge in [0, 0.05) is 0 Å². The SMILES string of the molecule is C=Cc1c(C)cc(C)c(CC)c1C. The van der Waals surface area contributed by atoms with E-state index in [0.29, 0.717) is 0 Å². The first-order chi connectivity index (χ1) is 6.11. The molecule has 13 heavy (non-hydrogen) atoms. The normalized spacial score (nSPS) is 10.2. The fourth-order valence-corrected chi connectivity index (χ4v) is 2.10. The summed E-state index contributed by atoms with van der Waals surface area (Å²) in [5, 5.41) is 0. The molecule has 0 heteroatoms. The number of hydrogen-bond donors (Lipinski definition) is 0. The molecule has 0 N–H and O–H groups in total. The Labute approximate surface area is 81.3 Å². The van der Waals surface area contributed by atoms with Gasteiger partial charge in [0.05, 0.1) is 0 Å². The second-order valence-corrected chi connectivity index (χ2v) is 3.59. The summed E-state index contributed by atoms with van der Waals surface area (Å²) in [6.07, 6.45) is 3.07. The summed E-state index contributed by atoms with van der Waals surface area (Å²) >= 11 is 0. The molecule has 0 aliphatic heterocycles. The van der Waals surface area contributed by atoms with Crippen molar-refractivity contribution in [2.75, 3.05) is 0 Å². The molecule has 0 amide bonds. The van der Waals surface area contributed by atoms with Gasteiger partial charge >= 0.3 is 0 Å². The predicted octanol–water partition coefficient (Wildman–Crippen LogP) is 3.82. The van der Waals surface area contributed by atoms with Crippen LogP contribution in [0.5, 0.6) is 0 Å². The van der Waals surface area contributed by atoms with Crippen LogP contribution in [0.3, 0.4) is 0 Å². The zero-order valence-corrected chi connectivity index (χ0v) is 9.07. The average molecular weight is 174 g/mol. The van der Waals surface area contributed by atoms with Gasteiger partial charge in [0.2, 0.25) is 0 Å². The van der Waals surface area contributed by atoms with Crippen LogP contribution in [0.1, 0.15) is 34.7 Å². The summed E-state index contributed by atoms with van der Waals surface area (Å²) in [4.78, 5) is 0. The fourth-order valence-electron chi connectivity index (χ4n) is 2.10. The molecule has 0 unspecified atom stereocenters. The fraction of sp³-hybridized carbons (Fsp3) is 0.385. The molecule has 0 saturated heterocycles. The van der Waals surface area contributed by atoms with Crippen LogP contribution in [0.15, 0.2) is 12.6 Å². The van der Waals surface area contributed by atoms with E-state index in [1.807, 2.05) is 6.08 Å². The van der Waals surface area contributed by atoms with Crippen molar-refractivity contribution >= 4 is 6.08 Å². The van der Waals surface area contributed by atoms with Gasteiger partial charge in [0.15, 0.2) is 0 Å². The van der Waals surface area contributed by atoms with E-state index >= 15 is 0 Å². The van der Waals surface area contributed by atoms with Crippen LogP contribution >= 0.6 is 0 Å². The van der Waals surface area contributed by atoms with E-state index in [0.717, 1.165) is 6.42 Å². The molecule has 0 aliphatic rings. The van der Waals surface area contributed by atoms with Crippen LogP contribution in [-0.2, 0) is 6.42 Å². The lowest BCUT2D eigenvalue weighted by atomic mass is 9.92. The van der Waals surface area contributed by atoms with E-state index in [1.165, 1.54) is 27.8 Å². The molecule has 0 aromatic heterocycles. The first kappa shape index (κ1) is 10.0. The van der Waals surface area contributed by atoms with E-state index in [-0.39, 0.29) is 0 Å². The van der Waals surface area contributed by atoms with Gasteiger partial charge in [-0.3, -0.25) is 0 Å². The number of aryl methyl sites for hydroxylation is 2. The van der Waals surface area contributed by atoms with Crippen LogP contribution in [0, 0.1) is 20.8 Å². The maximum atomic E-state index is 3.86. The molecule has 1 aromatic rings. The van der Waals surface area contributed by atoms with Gasteiger partial charge in [0.1, 0.15) is 0 Å². The summed E-state index contributed by atoms with van der Waals surface area (Å²) in [6.45, 7) is 12.6. The molecular weight excluding hydrogens is 156 g/mol. The smallest absolute Gasteiger partial charge is 0.0201 e. The molecule has 0 saturated carbocycles. The summed E-state index contributed by atoms with van der Waals surface area (Å²) < 4.78 is 0. The third-order valence-corrected chi connectivity index (χ3v) is 2.75. The van der Waals surface area contributed by atoms with Crippen LogP contribution in [-0.4, -0.2) is 0 Å². The highest BCUT2D eigenvalue weighted by atomic mass is 14.1. The third-order valence-electron chi connectivity index (χ3n) is 2.75. The second kappa shape index (κ2) is 3.78. The maximum Gasteiger partial charge on any atom is -0.0201 e. The van der Waals surface area contributed by atoms with Gasteiger partial charge in [-0.15, -0.1) is 0 Å². The van der Waals surface area contributed by atoms with E-state index in [9.17, 15) is 0 Å². The van der Waals surface area contributed by atoms with Gasteiger partial charge in [-0.2, -0.15) is 0 Å². The summed E-state index contributed by atoms with van der Waals surface area (Å²) in [7, 11) is 0. The highest BCUT2D eigenvalue weighted by molar-refractivity contribution is 5.59. The summed E-state index contributed by atoms with van der Waals surface area (Å²) in [5.41, 5.74) is 6.92. The van der Waals surface area contributed by atoms with E-state index in [4.69, 9.17) is 0 Å². The molecule has 0 fully saturated rings. The molecule has 0 aliphatic carbocycles. The Bertz CT molecular complexity index is 332. The molecule has 1 rings (SSSR count). The summed E-state index contributed by atoms with van der Waals surface area (Å²) in [5.74, 6) is 0. The van der Waals surface area contributed by atoms with Gasteiger partial charge in [0.25, 0.3) is 0 Å². The predicted molar refractivity (Wildman–Crippen MR) is 60.1 cm³/mol. The number of hydrogen-bond acceptors (Lipinski definition) is 0. The first-order valence-electron chi connectivity index (χ1n) is 4.83. The average Bonchev–Trinajstić information content (AvgIpc) is 2.04. The minimum absolute atomic E-state index is 1.11. The van der Waals surface area contributed by atoms with Gasteiger partial charge in [-0.25, -0.2) is 0 Å². The molecule has 0 radical (unpaired) electrons. The quantitative estimate of drug-likeness (QED) is 0.639. The Kier molecular flexibility index (Phi) is 2.92. The largest absolute Gasteiger partial charge is 0.0985 e. The van der Waals surface area contributed by atoms with Crippen LogP contribution < -0.4 is 0 Å². The number of benzene rings is 1. The molecule has 70 valence electrons. The Balaban J connectivity index is 3.47. The van der Waals surface area contributed by atoms with Crippen molar-refractivity contribution in [3.8, 4) is 0 Å². The van der Waals surface area contributed by atoms with Crippen molar-refractivity contribution in [3.63, 3.8) is 0 Å². The molecule has 1 aromatic carbocycles. The third kappa shape index (κ3) is 1.67.